The molecule has 0 unspecified atom stereocenters. The minimum absolute atomic E-state index is 0.161. The van der Waals surface area contributed by atoms with Crippen molar-refractivity contribution >= 4 is 35.4 Å². The van der Waals surface area contributed by atoms with Gasteiger partial charge < -0.3 is 31.5 Å². The quantitative estimate of drug-likeness (QED) is 0.108. The summed E-state index contributed by atoms with van der Waals surface area (Å²) in [6, 6.07) is -4.68. The van der Waals surface area contributed by atoms with E-state index in [0.717, 1.165) is 12.8 Å². The molecule has 48 heavy (non-hydrogen) atoms. The number of amides is 6. The lowest BCUT2D eigenvalue weighted by atomic mass is 9.92. The number of carbonyl (C=O) groups excluding carboxylic acids is 6. The van der Waals surface area contributed by atoms with E-state index in [1.165, 1.54) is 23.8 Å². The number of rotatable bonds is 21. The average molecular weight is 677 g/mol. The van der Waals surface area contributed by atoms with Crippen LogP contribution in [0.2, 0.25) is 0 Å². The fourth-order valence-electron chi connectivity index (χ4n) is 5.68. The Hall–Kier alpha value is -3.62. The van der Waals surface area contributed by atoms with Gasteiger partial charge in [0.1, 0.15) is 30.2 Å². The van der Waals surface area contributed by atoms with Gasteiger partial charge in [0.05, 0.1) is 0 Å². The summed E-state index contributed by atoms with van der Waals surface area (Å²) in [5.74, 6) is -1.74. The monoisotopic (exact) mass is 676 g/mol. The van der Waals surface area contributed by atoms with Crippen molar-refractivity contribution in [3.05, 3.63) is 0 Å². The van der Waals surface area contributed by atoms with Gasteiger partial charge in [0, 0.05) is 26.4 Å². The molecule has 0 heterocycles. The predicted molar refractivity (Wildman–Crippen MR) is 189 cm³/mol. The van der Waals surface area contributed by atoms with Gasteiger partial charge in [-0.25, -0.2) is 0 Å². The summed E-state index contributed by atoms with van der Waals surface area (Å²) >= 11 is 0. The number of hydrogen-bond donors (Lipinski definition) is 4. The average Bonchev–Trinajstić information content (AvgIpc) is 3.02. The van der Waals surface area contributed by atoms with Crippen LogP contribution in [0.4, 0.5) is 0 Å². The first-order chi connectivity index (χ1) is 22.3. The van der Waals surface area contributed by atoms with Gasteiger partial charge in [0.25, 0.3) is 0 Å². The maximum atomic E-state index is 14.0. The van der Waals surface area contributed by atoms with E-state index in [9.17, 15) is 28.8 Å². The summed E-state index contributed by atoms with van der Waals surface area (Å²) in [5, 5.41) is 8.32. The Bertz CT molecular complexity index is 1130. The van der Waals surface area contributed by atoms with Crippen molar-refractivity contribution in [2.45, 2.75) is 138 Å². The lowest BCUT2D eigenvalue weighted by Crippen LogP contribution is -2.62. The van der Waals surface area contributed by atoms with E-state index in [1.54, 1.807) is 20.9 Å². The predicted octanol–water partition coefficient (Wildman–Crippen LogP) is 2.83. The van der Waals surface area contributed by atoms with Crippen LogP contribution in [0.5, 0.6) is 0 Å². The fourth-order valence-corrected chi connectivity index (χ4v) is 5.68. The molecule has 0 fully saturated rings. The molecule has 12 heteroatoms. The largest absolute Gasteiger partial charge is 0.368 e. The maximum Gasteiger partial charge on any atom is 0.245 e. The summed E-state index contributed by atoms with van der Waals surface area (Å²) < 4.78 is 0. The smallest absolute Gasteiger partial charge is 0.245 e. The van der Waals surface area contributed by atoms with Gasteiger partial charge in [0.15, 0.2) is 0 Å². The van der Waals surface area contributed by atoms with Gasteiger partial charge in [-0.05, 0) is 43.4 Å². The molecule has 0 aliphatic heterocycles. The van der Waals surface area contributed by atoms with E-state index in [1.807, 2.05) is 48.5 Å². The Labute approximate surface area is 289 Å². The molecule has 8 atom stereocenters. The normalized spacial score (nSPS) is 16.3. The van der Waals surface area contributed by atoms with Crippen molar-refractivity contribution < 1.29 is 28.8 Å². The van der Waals surface area contributed by atoms with Gasteiger partial charge in [-0.15, -0.1) is 12.3 Å². The molecule has 5 N–H and O–H groups in total. The molecular weight excluding hydrogens is 612 g/mol. The number of nitrogens with zero attached hydrogens (tertiary/aromatic N) is 2. The number of unbranched alkanes of at least 4 members (excludes halogenated alkanes) is 2. The van der Waals surface area contributed by atoms with Crippen LogP contribution in [0.1, 0.15) is 108 Å². The summed E-state index contributed by atoms with van der Waals surface area (Å²) in [6.45, 7) is 18.0. The molecule has 0 spiro atoms. The van der Waals surface area contributed by atoms with Gasteiger partial charge in [-0.1, -0.05) is 81.6 Å². The summed E-state index contributed by atoms with van der Waals surface area (Å²) in [6.07, 6.45) is 9.38. The highest BCUT2D eigenvalue weighted by Gasteiger charge is 2.40. The molecule has 0 aromatic carbocycles. The number of carbonyl (C=O) groups is 6. The Kier molecular flexibility index (Phi) is 19.8. The summed E-state index contributed by atoms with van der Waals surface area (Å²) in [5.41, 5.74) is 5.35. The first-order valence-corrected chi connectivity index (χ1v) is 17.5. The Morgan fingerprint density at radius 1 is 0.667 bits per heavy atom. The summed E-state index contributed by atoms with van der Waals surface area (Å²) in [4.78, 5) is 82.6. The Balaban J connectivity index is 6.17. The van der Waals surface area contributed by atoms with Gasteiger partial charge in [-0.3, -0.25) is 28.8 Å². The molecule has 0 saturated carbocycles. The Morgan fingerprint density at radius 3 is 1.62 bits per heavy atom. The minimum atomic E-state index is -1.00. The van der Waals surface area contributed by atoms with E-state index < -0.39 is 59.7 Å². The standard InChI is InChI=1S/C36H64N6O6/c1-14-17-18-19-20-25(10)35(47)41(12)29(22(6)7)33(45)39-27(21(4)5)32(44)40-28(23(8)15-2)36(48)42(13)30(24(9)16-3)34(46)38-26(11)31(37)43/h1,21-30H,15-20H2,2-13H3,(H2,37,43)(H,38,46)(H,39,45)(H,40,44)/t23-,24-,25-,26+,27+,28+,29+,30+/m1/s1. The number of nitrogens with two attached hydrogens (primary N) is 1. The second kappa shape index (κ2) is 21.4. The van der Waals surface area contributed by atoms with E-state index in [-0.39, 0.29) is 35.5 Å². The van der Waals surface area contributed by atoms with Crippen molar-refractivity contribution in [1.82, 2.24) is 25.8 Å². The minimum Gasteiger partial charge on any atom is -0.368 e. The van der Waals surface area contributed by atoms with Crippen LogP contribution >= 0.6 is 0 Å². The molecule has 0 rings (SSSR count). The van der Waals surface area contributed by atoms with Crippen LogP contribution in [0.3, 0.4) is 0 Å². The number of primary amides is 1. The van der Waals surface area contributed by atoms with Crippen LogP contribution in [0, 0.1) is 41.9 Å². The van der Waals surface area contributed by atoms with Gasteiger partial charge in [-0.2, -0.15) is 0 Å². The highest BCUT2D eigenvalue weighted by Crippen LogP contribution is 2.20. The molecule has 274 valence electrons. The Morgan fingerprint density at radius 2 is 1.17 bits per heavy atom. The lowest BCUT2D eigenvalue weighted by Gasteiger charge is -2.37. The van der Waals surface area contributed by atoms with Crippen LogP contribution in [-0.2, 0) is 28.8 Å². The second-order valence-electron chi connectivity index (χ2n) is 14.0. The highest BCUT2D eigenvalue weighted by atomic mass is 16.2. The van der Waals surface area contributed by atoms with E-state index >= 15 is 0 Å². The van der Waals surface area contributed by atoms with Crippen molar-refractivity contribution in [3.8, 4) is 12.3 Å². The molecule has 0 aliphatic carbocycles. The molecule has 0 bridgehead atoms. The third kappa shape index (κ3) is 13.1. The second-order valence-corrected chi connectivity index (χ2v) is 14.0. The number of likely N-dealkylation sites (N-methyl/N-ethyl adjacent to an activating group) is 2. The molecule has 0 aliphatic rings. The zero-order valence-electron chi connectivity index (χ0n) is 31.5. The molecule has 0 saturated heterocycles. The molecular formula is C36H64N6O6. The van der Waals surface area contributed by atoms with Crippen LogP contribution in [0.25, 0.3) is 0 Å². The number of hydrogen-bond acceptors (Lipinski definition) is 6. The molecule has 0 aromatic rings. The van der Waals surface area contributed by atoms with E-state index in [2.05, 4.69) is 21.9 Å². The van der Waals surface area contributed by atoms with Crippen LogP contribution in [-0.4, -0.2) is 89.5 Å². The van der Waals surface area contributed by atoms with Crippen molar-refractivity contribution in [2.24, 2.45) is 35.3 Å². The van der Waals surface area contributed by atoms with E-state index in [0.29, 0.717) is 25.7 Å². The fraction of sp³-hybridized carbons (Fsp3) is 0.778. The first kappa shape index (κ1) is 44.4. The van der Waals surface area contributed by atoms with Gasteiger partial charge in [0.2, 0.25) is 35.4 Å². The number of terminal acetylenes is 1. The van der Waals surface area contributed by atoms with E-state index in [4.69, 9.17) is 12.2 Å². The molecule has 6 amide bonds. The maximum absolute atomic E-state index is 14.0. The zero-order chi connectivity index (χ0) is 37.5. The summed E-state index contributed by atoms with van der Waals surface area (Å²) in [7, 11) is 3.11. The van der Waals surface area contributed by atoms with Crippen molar-refractivity contribution in [2.75, 3.05) is 14.1 Å². The topological polar surface area (TPSA) is 171 Å². The SMILES string of the molecule is C#CCCCC[C@@H](C)C(=O)N(C)[C@H](C(=O)N[C@H](C(=O)N[C@H](C(=O)N(C)[C@H](C(=O)N[C@@H](C)C(N)=O)[C@H](C)CC)[C@H](C)CC)C(C)C)C(C)C. The first-order valence-electron chi connectivity index (χ1n) is 17.5. The molecule has 12 nitrogen and oxygen atoms in total. The number of nitrogens with one attached hydrogen (secondary N) is 3. The highest BCUT2D eigenvalue weighted by molar-refractivity contribution is 5.96. The third-order valence-electron chi connectivity index (χ3n) is 9.32. The van der Waals surface area contributed by atoms with Crippen molar-refractivity contribution in [3.63, 3.8) is 0 Å². The van der Waals surface area contributed by atoms with Crippen LogP contribution in [0.15, 0.2) is 0 Å². The zero-order valence-corrected chi connectivity index (χ0v) is 31.5. The lowest BCUT2D eigenvalue weighted by molar-refractivity contribution is -0.146. The molecule has 0 aromatic heterocycles. The van der Waals surface area contributed by atoms with Crippen LogP contribution < -0.4 is 21.7 Å². The molecule has 0 radical (unpaired) electrons. The van der Waals surface area contributed by atoms with Gasteiger partial charge >= 0.3 is 0 Å². The third-order valence-corrected chi connectivity index (χ3v) is 9.32. The van der Waals surface area contributed by atoms with Crippen molar-refractivity contribution in [1.29, 1.82) is 0 Å².